The van der Waals surface area contributed by atoms with E-state index >= 15 is 0 Å². The molecule has 264 valence electrons. The number of nitrogens with zero attached hydrogens (tertiary/aromatic N) is 4. The van der Waals surface area contributed by atoms with Crippen LogP contribution in [0.1, 0.15) is 20.7 Å². The first-order chi connectivity index (χ1) is 24.0. The largest absolute Gasteiger partial charge is 0.478 e. The number of amides is 1. The summed E-state index contributed by atoms with van der Waals surface area (Å²) in [5.74, 6) is -2.02. The average molecular weight is 998 g/mol. The minimum atomic E-state index is -0.933. The van der Waals surface area contributed by atoms with Crippen LogP contribution in [0.3, 0.4) is 0 Å². The molecule has 4 N–H and O–H groups in total. The van der Waals surface area contributed by atoms with Crippen LogP contribution in [-0.2, 0) is 14.1 Å². The van der Waals surface area contributed by atoms with Gasteiger partial charge in [0.25, 0.3) is 5.91 Å². The molecule has 0 saturated heterocycles. The van der Waals surface area contributed by atoms with E-state index in [1.165, 1.54) is 47.3 Å². The van der Waals surface area contributed by atoms with Gasteiger partial charge in [0.05, 0.1) is 25.7 Å². The molecule has 0 spiro atoms. The second kappa shape index (κ2) is 17.8. The highest BCUT2D eigenvalue weighted by Crippen LogP contribution is 2.34. The number of carbonyl (C=O) groups excluding carboxylic acids is 1. The van der Waals surface area contributed by atoms with Crippen molar-refractivity contribution in [1.29, 1.82) is 0 Å². The number of rotatable bonds is 5. The van der Waals surface area contributed by atoms with E-state index in [2.05, 4.69) is 15.5 Å². The number of nitrogens with two attached hydrogens (primary N) is 1. The predicted molar refractivity (Wildman–Crippen MR) is 215 cm³/mol. The Morgan fingerprint density at radius 1 is 0.706 bits per heavy atom. The Balaban J connectivity index is 0.000000191. The number of aromatic nitrogens is 4. The maximum atomic E-state index is 13.8. The molecule has 0 fully saturated rings. The second-order valence-electron chi connectivity index (χ2n) is 10.5. The number of carbonyl (C=O) groups is 2. The minimum Gasteiger partial charge on any atom is -0.478 e. The zero-order valence-electron chi connectivity index (χ0n) is 26.2. The van der Waals surface area contributed by atoms with Gasteiger partial charge < -0.3 is 16.2 Å². The molecule has 4 aromatic carbocycles. The fourth-order valence-electron chi connectivity index (χ4n) is 4.38. The number of carboxylic acids is 1. The van der Waals surface area contributed by atoms with Crippen molar-refractivity contribution in [1.82, 2.24) is 19.6 Å². The van der Waals surface area contributed by atoms with Gasteiger partial charge in [0.15, 0.2) is 0 Å². The molecule has 2 heterocycles. The Bertz CT molecular complexity index is 2250. The monoisotopic (exact) mass is 996 g/mol. The minimum absolute atomic E-state index is 0.253. The first-order valence-electron chi connectivity index (χ1n) is 14.2. The van der Waals surface area contributed by atoms with Crippen molar-refractivity contribution in [2.45, 2.75) is 0 Å². The summed E-state index contributed by atoms with van der Waals surface area (Å²) in [6.45, 7) is 0. The number of aryl methyl sites for hydroxylation is 2. The molecule has 9 nitrogen and oxygen atoms in total. The highest BCUT2D eigenvalue weighted by atomic mass is 127. The van der Waals surface area contributed by atoms with Gasteiger partial charge in [0.1, 0.15) is 24.6 Å². The summed E-state index contributed by atoms with van der Waals surface area (Å²) in [6.07, 6.45) is 3.10. The van der Waals surface area contributed by atoms with Crippen LogP contribution in [0.2, 0.25) is 20.1 Å². The summed E-state index contributed by atoms with van der Waals surface area (Å²) in [5, 5.41) is 20.9. The van der Waals surface area contributed by atoms with Crippen LogP contribution >= 0.6 is 91.6 Å². The van der Waals surface area contributed by atoms with E-state index < -0.39 is 11.8 Å². The summed E-state index contributed by atoms with van der Waals surface area (Å²) in [6, 6.07) is 18.4. The molecule has 0 bridgehead atoms. The molecule has 0 atom stereocenters. The Kier molecular flexibility index (Phi) is 14.1. The molecule has 0 saturated carbocycles. The standard InChI is InChI=1S/C17H11Cl2FIN3O.C12H8Cl2FN.C5H5IN2O2/c1-24-8-12(16(21)23-24)17(25)22-15-5-3-10(20)7-11(15)9-2-4-13(18)14(19)6-9;13-10-3-1-7(5-11(10)14)9-6-8(15)2-4-12(9)16;1-8-2-3(5(9)10)4(6)7-8/h2-8H,1H3,(H,22,25);1-6H,16H2;2H,1H3,(H,9,10). The smallest absolute Gasteiger partial charge is 0.340 e. The van der Waals surface area contributed by atoms with E-state index in [0.29, 0.717) is 61.1 Å². The van der Waals surface area contributed by atoms with Crippen molar-refractivity contribution < 1.29 is 23.5 Å². The first-order valence-corrected chi connectivity index (χ1v) is 17.9. The van der Waals surface area contributed by atoms with E-state index in [0.717, 1.165) is 5.56 Å². The van der Waals surface area contributed by atoms with Gasteiger partial charge in [-0.05, 0) is 117 Å². The number of anilines is 2. The molecular formula is C34H24Cl4F2I2N6O3. The van der Waals surface area contributed by atoms with E-state index in [4.69, 9.17) is 57.2 Å². The maximum Gasteiger partial charge on any atom is 0.340 e. The molecule has 6 aromatic rings. The Labute approximate surface area is 337 Å². The van der Waals surface area contributed by atoms with Gasteiger partial charge in [-0.15, -0.1) is 0 Å². The molecular weight excluding hydrogens is 974 g/mol. The summed E-state index contributed by atoms with van der Waals surface area (Å²) < 4.78 is 31.0. The number of benzene rings is 4. The van der Waals surface area contributed by atoms with Crippen LogP contribution in [0.15, 0.2) is 85.2 Å². The van der Waals surface area contributed by atoms with Gasteiger partial charge in [-0.2, -0.15) is 10.2 Å². The number of halogens is 8. The molecule has 1 amide bonds. The van der Waals surface area contributed by atoms with Gasteiger partial charge in [-0.3, -0.25) is 14.2 Å². The number of hydrogen-bond acceptors (Lipinski definition) is 5. The normalized spacial score (nSPS) is 10.5. The predicted octanol–water partition coefficient (Wildman–Crippen LogP) is 10.5. The van der Waals surface area contributed by atoms with Gasteiger partial charge in [0.2, 0.25) is 0 Å². The number of carboxylic acid groups (broad SMARTS) is 1. The number of aromatic carboxylic acids is 1. The van der Waals surface area contributed by atoms with Crippen molar-refractivity contribution in [2.75, 3.05) is 11.1 Å². The van der Waals surface area contributed by atoms with Gasteiger partial charge in [-0.1, -0.05) is 58.5 Å². The fourth-order valence-corrected chi connectivity index (χ4v) is 6.41. The van der Waals surface area contributed by atoms with Crippen molar-refractivity contribution in [3.8, 4) is 22.3 Å². The second-order valence-corrected chi connectivity index (χ2v) is 14.1. The number of hydrogen-bond donors (Lipinski definition) is 3. The highest BCUT2D eigenvalue weighted by Gasteiger charge is 2.17. The van der Waals surface area contributed by atoms with Crippen LogP contribution in [0.25, 0.3) is 22.3 Å². The lowest BCUT2D eigenvalue weighted by atomic mass is 10.0. The summed E-state index contributed by atoms with van der Waals surface area (Å²) in [4.78, 5) is 22.9. The third-order valence-electron chi connectivity index (χ3n) is 6.75. The van der Waals surface area contributed by atoms with Gasteiger partial charge in [-0.25, -0.2) is 13.6 Å². The Morgan fingerprint density at radius 3 is 1.63 bits per heavy atom. The molecule has 2 aromatic heterocycles. The molecule has 6 rings (SSSR count). The molecule has 0 unspecified atom stereocenters. The van der Waals surface area contributed by atoms with E-state index in [1.54, 1.807) is 61.4 Å². The number of nitrogen functional groups attached to an aromatic ring is 1. The topological polar surface area (TPSA) is 128 Å². The van der Waals surface area contributed by atoms with Crippen molar-refractivity contribution >= 4 is 115 Å². The lowest BCUT2D eigenvalue weighted by Crippen LogP contribution is -2.13. The Hall–Kier alpha value is -3.48. The summed E-state index contributed by atoms with van der Waals surface area (Å²) in [5.41, 5.74) is 9.92. The quantitative estimate of drug-likeness (QED) is 0.117. The lowest BCUT2D eigenvalue weighted by Gasteiger charge is -2.12. The van der Waals surface area contributed by atoms with Crippen molar-refractivity contribution in [2.24, 2.45) is 14.1 Å². The van der Waals surface area contributed by atoms with Crippen molar-refractivity contribution in [3.05, 3.63) is 135 Å². The molecule has 0 radical (unpaired) electrons. The SMILES string of the molecule is Cn1cc(C(=O)Nc2ccc(F)cc2-c2ccc(Cl)c(Cl)c2)c(I)n1.Cn1cc(C(=O)O)c(I)n1.Nc1ccc(F)cc1-c1ccc(Cl)c(Cl)c1. The molecule has 17 heteroatoms. The van der Waals surface area contributed by atoms with Crippen molar-refractivity contribution in [3.63, 3.8) is 0 Å². The summed E-state index contributed by atoms with van der Waals surface area (Å²) in [7, 11) is 3.42. The van der Waals surface area contributed by atoms with Crippen LogP contribution < -0.4 is 11.1 Å². The average Bonchev–Trinajstić information content (AvgIpc) is 3.61. The van der Waals surface area contributed by atoms with Crippen LogP contribution in [0.4, 0.5) is 20.2 Å². The van der Waals surface area contributed by atoms with Crippen LogP contribution in [0, 0.1) is 19.0 Å². The lowest BCUT2D eigenvalue weighted by molar-refractivity contribution is 0.0695. The van der Waals surface area contributed by atoms with E-state index in [1.807, 2.05) is 45.2 Å². The third-order valence-corrected chi connectivity index (χ3v) is 9.82. The Morgan fingerprint density at radius 2 is 1.18 bits per heavy atom. The van der Waals surface area contributed by atoms with Crippen LogP contribution in [0.5, 0.6) is 0 Å². The molecule has 0 aliphatic heterocycles. The fraction of sp³-hybridized carbons (Fsp3) is 0.0588. The summed E-state index contributed by atoms with van der Waals surface area (Å²) >= 11 is 27.6. The van der Waals surface area contributed by atoms with Gasteiger partial charge >= 0.3 is 5.97 Å². The first kappa shape index (κ1) is 40.3. The van der Waals surface area contributed by atoms with Crippen LogP contribution in [-0.4, -0.2) is 36.5 Å². The molecule has 0 aliphatic carbocycles. The molecule has 51 heavy (non-hydrogen) atoms. The third kappa shape index (κ3) is 10.8. The zero-order valence-corrected chi connectivity index (χ0v) is 33.6. The van der Waals surface area contributed by atoms with E-state index in [9.17, 15) is 18.4 Å². The maximum absolute atomic E-state index is 13.8. The number of nitrogens with one attached hydrogen (secondary N) is 1. The zero-order chi connectivity index (χ0) is 37.6. The van der Waals surface area contributed by atoms with Gasteiger partial charge in [0, 0.05) is 49.0 Å². The van der Waals surface area contributed by atoms with E-state index in [-0.39, 0.29) is 17.3 Å². The molecule has 0 aliphatic rings. The highest BCUT2D eigenvalue weighted by molar-refractivity contribution is 14.1.